The zero-order valence-electron chi connectivity index (χ0n) is 16.9. The lowest BCUT2D eigenvalue weighted by molar-refractivity contribution is 0.196. The molecule has 1 aliphatic heterocycles. The first-order valence-corrected chi connectivity index (χ1v) is 9.71. The number of nitrogens with zero attached hydrogens (tertiary/aromatic N) is 6. The maximum atomic E-state index is 5.42. The minimum atomic E-state index is 0.335. The third-order valence-corrected chi connectivity index (χ3v) is 5.35. The fourth-order valence-corrected chi connectivity index (χ4v) is 4.01. The number of aromatic nitrogens is 5. The molecule has 0 spiro atoms. The number of nitrogens with one attached hydrogen (secondary N) is 1. The van der Waals surface area contributed by atoms with Crippen molar-refractivity contribution in [2.24, 2.45) is 0 Å². The highest BCUT2D eigenvalue weighted by molar-refractivity contribution is 5.70. The van der Waals surface area contributed by atoms with Gasteiger partial charge in [0, 0.05) is 56.8 Å². The van der Waals surface area contributed by atoms with Gasteiger partial charge in [-0.3, -0.25) is 10.00 Å². The van der Waals surface area contributed by atoms with Gasteiger partial charge in [0.1, 0.15) is 5.76 Å². The van der Waals surface area contributed by atoms with E-state index in [2.05, 4.69) is 25.2 Å². The molecule has 0 saturated carbocycles. The van der Waals surface area contributed by atoms with E-state index >= 15 is 0 Å². The summed E-state index contributed by atoms with van der Waals surface area (Å²) in [6.07, 6.45) is 5.99. The van der Waals surface area contributed by atoms with Gasteiger partial charge in [-0.2, -0.15) is 5.10 Å². The fourth-order valence-electron chi connectivity index (χ4n) is 4.01. The molecule has 4 rings (SSSR count). The Hall–Kier alpha value is -2.74. The Morgan fingerprint density at radius 1 is 1.32 bits per heavy atom. The Kier molecular flexibility index (Phi) is 5.13. The molecule has 0 bridgehead atoms. The lowest BCUT2D eigenvalue weighted by Gasteiger charge is -2.33. The standard InChI is InChI=1S/C20H27N7O/c1-13-18(14(2)28-25-13)17-10-21-20(26(3)4)23-19(17)15-6-5-9-27(11-15)12-16-7-8-22-24-16/h7-8,10,15H,5-6,9,11-12H2,1-4H3,(H,22,24)/t15-/m1/s1. The second kappa shape index (κ2) is 7.71. The van der Waals surface area contributed by atoms with Gasteiger partial charge in [-0.15, -0.1) is 0 Å². The van der Waals surface area contributed by atoms with Crippen LogP contribution in [0, 0.1) is 13.8 Å². The number of likely N-dealkylation sites (tertiary alicyclic amines) is 1. The second-order valence-electron chi connectivity index (χ2n) is 7.72. The molecule has 0 radical (unpaired) electrons. The van der Waals surface area contributed by atoms with Crippen LogP contribution in [0.3, 0.4) is 0 Å². The topological polar surface area (TPSA) is 87.0 Å². The van der Waals surface area contributed by atoms with Crippen molar-refractivity contribution in [2.75, 3.05) is 32.1 Å². The van der Waals surface area contributed by atoms with E-state index in [-0.39, 0.29) is 0 Å². The van der Waals surface area contributed by atoms with Gasteiger partial charge in [-0.25, -0.2) is 9.97 Å². The van der Waals surface area contributed by atoms with E-state index in [4.69, 9.17) is 9.51 Å². The van der Waals surface area contributed by atoms with Gasteiger partial charge in [-0.05, 0) is 39.3 Å². The van der Waals surface area contributed by atoms with Gasteiger partial charge in [0.25, 0.3) is 0 Å². The summed E-state index contributed by atoms with van der Waals surface area (Å²) in [5.74, 6) is 1.88. The van der Waals surface area contributed by atoms with E-state index in [0.717, 1.165) is 72.4 Å². The minimum absolute atomic E-state index is 0.335. The fraction of sp³-hybridized carbons (Fsp3) is 0.500. The van der Waals surface area contributed by atoms with E-state index in [0.29, 0.717) is 5.92 Å². The SMILES string of the molecule is Cc1noc(C)c1-c1cnc(N(C)C)nc1[C@@H]1CCCN(Cc2ccn[nH]2)C1. The van der Waals surface area contributed by atoms with Crippen LogP contribution in [0.4, 0.5) is 5.95 Å². The smallest absolute Gasteiger partial charge is 0.225 e. The molecular formula is C20H27N7O. The second-order valence-corrected chi connectivity index (χ2v) is 7.72. The highest BCUT2D eigenvalue weighted by Gasteiger charge is 2.28. The molecule has 1 saturated heterocycles. The quantitative estimate of drug-likeness (QED) is 0.727. The first-order chi connectivity index (χ1) is 13.5. The summed E-state index contributed by atoms with van der Waals surface area (Å²) in [4.78, 5) is 14.0. The van der Waals surface area contributed by atoms with E-state index in [9.17, 15) is 0 Å². The van der Waals surface area contributed by atoms with E-state index in [1.807, 2.05) is 45.1 Å². The van der Waals surface area contributed by atoms with Gasteiger partial charge in [-0.1, -0.05) is 5.16 Å². The summed E-state index contributed by atoms with van der Waals surface area (Å²) < 4.78 is 5.42. The molecule has 8 nitrogen and oxygen atoms in total. The van der Waals surface area contributed by atoms with Crippen LogP contribution in [0.15, 0.2) is 23.0 Å². The van der Waals surface area contributed by atoms with Crippen molar-refractivity contribution in [1.29, 1.82) is 0 Å². The zero-order valence-corrected chi connectivity index (χ0v) is 16.9. The van der Waals surface area contributed by atoms with Crippen molar-refractivity contribution >= 4 is 5.95 Å². The van der Waals surface area contributed by atoms with Gasteiger partial charge in [0.2, 0.25) is 5.95 Å². The lowest BCUT2D eigenvalue weighted by atomic mass is 9.89. The van der Waals surface area contributed by atoms with Crippen molar-refractivity contribution in [3.63, 3.8) is 0 Å². The highest BCUT2D eigenvalue weighted by atomic mass is 16.5. The molecule has 0 aliphatic carbocycles. The molecule has 8 heteroatoms. The lowest BCUT2D eigenvalue weighted by Crippen LogP contribution is -2.34. The number of aromatic amines is 1. The molecule has 148 valence electrons. The predicted octanol–water partition coefficient (Wildman–Crippen LogP) is 2.92. The summed E-state index contributed by atoms with van der Waals surface area (Å²) in [6, 6.07) is 2.04. The van der Waals surface area contributed by atoms with Gasteiger partial charge >= 0.3 is 0 Å². The third-order valence-electron chi connectivity index (χ3n) is 5.35. The first kappa shape index (κ1) is 18.6. The predicted molar refractivity (Wildman–Crippen MR) is 107 cm³/mol. The summed E-state index contributed by atoms with van der Waals surface area (Å²) >= 11 is 0. The van der Waals surface area contributed by atoms with E-state index in [1.165, 1.54) is 0 Å². The summed E-state index contributed by atoms with van der Waals surface area (Å²) in [5, 5.41) is 11.3. The Labute approximate surface area is 165 Å². The highest BCUT2D eigenvalue weighted by Crippen LogP contribution is 2.36. The number of piperidine rings is 1. The van der Waals surface area contributed by atoms with Crippen LogP contribution in [0.5, 0.6) is 0 Å². The zero-order chi connectivity index (χ0) is 19.7. The number of hydrogen-bond donors (Lipinski definition) is 1. The molecule has 0 unspecified atom stereocenters. The van der Waals surface area contributed by atoms with Gasteiger partial charge < -0.3 is 9.42 Å². The number of hydrogen-bond acceptors (Lipinski definition) is 7. The molecule has 1 atom stereocenters. The van der Waals surface area contributed by atoms with Crippen molar-refractivity contribution in [3.05, 3.63) is 41.3 Å². The summed E-state index contributed by atoms with van der Waals surface area (Å²) in [7, 11) is 3.94. The van der Waals surface area contributed by atoms with Crippen LogP contribution in [-0.4, -0.2) is 57.4 Å². The van der Waals surface area contributed by atoms with Crippen LogP contribution in [0.25, 0.3) is 11.1 Å². The molecule has 3 aromatic rings. The van der Waals surface area contributed by atoms with Crippen molar-refractivity contribution in [1.82, 2.24) is 30.2 Å². The molecule has 0 amide bonds. The van der Waals surface area contributed by atoms with Crippen molar-refractivity contribution < 1.29 is 4.52 Å². The van der Waals surface area contributed by atoms with Gasteiger partial charge in [0.15, 0.2) is 0 Å². The molecule has 0 aromatic carbocycles. The number of anilines is 1. The molecule has 4 heterocycles. The largest absolute Gasteiger partial charge is 0.361 e. The maximum Gasteiger partial charge on any atom is 0.225 e. The Bertz CT molecular complexity index is 913. The van der Waals surface area contributed by atoms with Crippen LogP contribution in [-0.2, 0) is 6.54 Å². The van der Waals surface area contributed by atoms with Crippen LogP contribution < -0.4 is 4.90 Å². The average Bonchev–Trinajstić information content (AvgIpc) is 3.31. The molecule has 1 N–H and O–H groups in total. The number of H-pyrrole nitrogens is 1. The summed E-state index contributed by atoms with van der Waals surface area (Å²) in [5.41, 5.74) is 5.16. The Morgan fingerprint density at radius 2 is 2.18 bits per heavy atom. The molecule has 1 aliphatic rings. The molecule has 28 heavy (non-hydrogen) atoms. The Balaban J connectivity index is 1.69. The summed E-state index contributed by atoms with van der Waals surface area (Å²) in [6.45, 7) is 6.84. The van der Waals surface area contributed by atoms with Crippen LogP contribution in [0.2, 0.25) is 0 Å². The third kappa shape index (κ3) is 3.64. The molecule has 3 aromatic heterocycles. The van der Waals surface area contributed by atoms with Crippen LogP contribution in [0.1, 0.15) is 41.6 Å². The van der Waals surface area contributed by atoms with Crippen molar-refractivity contribution in [3.8, 4) is 11.1 Å². The average molecular weight is 381 g/mol. The monoisotopic (exact) mass is 381 g/mol. The van der Waals surface area contributed by atoms with Crippen LogP contribution >= 0.6 is 0 Å². The van der Waals surface area contributed by atoms with Crippen molar-refractivity contribution in [2.45, 2.75) is 39.2 Å². The molecule has 1 fully saturated rings. The maximum absolute atomic E-state index is 5.42. The normalized spacial score (nSPS) is 17.8. The first-order valence-electron chi connectivity index (χ1n) is 9.71. The van der Waals surface area contributed by atoms with Gasteiger partial charge in [0.05, 0.1) is 17.0 Å². The van der Waals surface area contributed by atoms with E-state index in [1.54, 1.807) is 6.20 Å². The minimum Gasteiger partial charge on any atom is -0.361 e. The van der Waals surface area contributed by atoms with E-state index < -0.39 is 0 Å². The Morgan fingerprint density at radius 3 is 2.86 bits per heavy atom. The number of rotatable bonds is 5. The molecular weight excluding hydrogens is 354 g/mol. The number of aryl methyl sites for hydroxylation is 2.